The fourth-order valence-corrected chi connectivity index (χ4v) is 9.48. The summed E-state index contributed by atoms with van der Waals surface area (Å²) in [5, 5.41) is 10.8. The van der Waals surface area contributed by atoms with E-state index in [1.54, 1.807) is 0 Å². The van der Waals surface area contributed by atoms with Crippen LogP contribution in [0.3, 0.4) is 0 Å². The van der Waals surface area contributed by atoms with Crippen molar-refractivity contribution in [3.63, 3.8) is 0 Å². The van der Waals surface area contributed by atoms with Crippen molar-refractivity contribution in [2.75, 3.05) is 0 Å². The van der Waals surface area contributed by atoms with E-state index in [0.717, 1.165) is 0 Å². The average molecular weight is 1130 g/mol. The van der Waals surface area contributed by atoms with E-state index in [1.807, 2.05) is 0 Å². The van der Waals surface area contributed by atoms with Crippen molar-refractivity contribution in [2.45, 2.75) is 55.4 Å². The van der Waals surface area contributed by atoms with Gasteiger partial charge in [-0.15, -0.1) is 138 Å². The van der Waals surface area contributed by atoms with Crippen LogP contribution in [0.5, 0.6) is 0 Å². The number of fused-ring (bicyclic) bond motifs is 4. The predicted molar refractivity (Wildman–Crippen MR) is 298 cm³/mol. The van der Waals surface area contributed by atoms with Crippen molar-refractivity contribution in [1.82, 2.24) is 0 Å². The van der Waals surface area contributed by atoms with Crippen LogP contribution in [-0.2, 0) is 52.4 Å². The van der Waals surface area contributed by atoms with Crippen molar-refractivity contribution in [3.8, 4) is 44.5 Å². The minimum Gasteiger partial charge on any atom is -1.00 e. The summed E-state index contributed by atoms with van der Waals surface area (Å²) in [7, 11) is 0. The Kier molecular flexibility index (Phi) is 20.7. The molecular formula is C68H60Cl2Zr2-2. The molecule has 0 bridgehead atoms. The van der Waals surface area contributed by atoms with Gasteiger partial charge in [-0.3, -0.25) is 0 Å². The van der Waals surface area contributed by atoms with E-state index in [1.165, 1.54) is 132 Å². The van der Waals surface area contributed by atoms with Crippen LogP contribution in [0.25, 0.3) is 87.6 Å². The van der Waals surface area contributed by atoms with Gasteiger partial charge in [-0.2, -0.15) is 24.3 Å². The van der Waals surface area contributed by atoms with Gasteiger partial charge < -0.3 is 24.8 Å². The van der Waals surface area contributed by atoms with Crippen molar-refractivity contribution in [1.29, 1.82) is 0 Å². The molecule has 0 heterocycles. The van der Waals surface area contributed by atoms with Gasteiger partial charge in [0.25, 0.3) is 0 Å². The summed E-state index contributed by atoms with van der Waals surface area (Å²) in [5.41, 5.74) is 21.1. The van der Waals surface area contributed by atoms with Gasteiger partial charge in [-0.05, 0) is 49.9 Å². The maximum absolute atomic E-state index is 2.27. The molecule has 0 N–H and O–H groups in total. The molecule has 0 spiro atoms. The average Bonchev–Trinajstić information content (AvgIpc) is 4.13. The Morgan fingerprint density at radius 2 is 0.417 bits per heavy atom. The fourth-order valence-electron chi connectivity index (χ4n) is 9.48. The number of aryl methyl sites for hydroxylation is 8. The van der Waals surface area contributed by atoms with Gasteiger partial charge in [-0.1, -0.05) is 194 Å². The Balaban J connectivity index is 0.000000175. The molecule has 0 aromatic heterocycles. The summed E-state index contributed by atoms with van der Waals surface area (Å²) in [6.07, 6.45) is 0. The van der Waals surface area contributed by atoms with Gasteiger partial charge >= 0.3 is 52.4 Å². The van der Waals surface area contributed by atoms with Gasteiger partial charge in [-0.25, -0.2) is 0 Å². The second-order valence-electron chi connectivity index (χ2n) is 18.8. The van der Waals surface area contributed by atoms with Crippen molar-refractivity contribution < 1.29 is 77.2 Å². The molecule has 12 rings (SSSR count). The Morgan fingerprint density at radius 3 is 0.597 bits per heavy atom. The van der Waals surface area contributed by atoms with Crippen molar-refractivity contribution in [3.05, 3.63) is 263 Å². The quantitative estimate of drug-likeness (QED) is 0.154. The standard InChI is InChI=1S/4C17H15.2ClH.2Zr/c4*1-12-6-8-14(9-7-12)16-5-3-4-15-10-13(2)11-17(15)16;;;;/h4*3-11H,1-2H3;2*1H;;/q4*-1;;;2*+2/p-2. The molecule has 4 heteroatoms. The third-order valence-electron chi connectivity index (χ3n) is 13.0. The Bertz CT molecular complexity index is 3130. The Morgan fingerprint density at radius 1 is 0.236 bits per heavy atom. The van der Waals surface area contributed by atoms with Crippen molar-refractivity contribution in [2.24, 2.45) is 0 Å². The largest absolute Gasteiger partial charge is 2.00 e. The summed E-state index contributed by atoms with van der Waals surface area (Å²) in [6.45, 7) is 17.1. The molecule has 0 saturated carbocycles. The van der Waals surface area contributed by atoms with Gasteiger partial charge in [0.1, 0.15) is 0 Å². The molecule has 0 amide bonds. The van der Waals surface area contributed by atoms with Crippen LogP contribution in [0.2, 0.25) is 0 Å². The van der Waals surface area contributed by atoms with Crippen LogP contribution in [-0.4, -0.2) is 0 Å². The maximum atomic E-state index is 2.27. The van der Waals surface area contributed by atoms with E-state index >= 15 is 0 Å². The van der Waals surface area contributed by atoms with Crippen LogP contribution in [0, 0.1) is 55.4 Å². The number of halogens is 2. The first kappa shape index (κ1) is 57.4. The zero-order valence-electron chi connectivity index (χ0n) is 42.5. The third-order valence-corrected chi connectivity index (χ3v) is 13.0. The van der Waals surface area contributed by atoms with E-state index in [-0.39, 0.29) is 77.2 Å². The van der Waals surface area contributed by atoms with Crippen LogP contribution in [0.1, 0.15) is 44.5 Å². The normalized spacial score (nSPS) is 10.3. The van der Waals surface area contributed by atoms with Crippen LogP contribution >= 0.6 is 0 Å². The molecule has 0 unspecified atom stereocenters. The Labute approximate surface area is 478 Å². The maximum Gasteiger partial charge on any atom is 2.00 e. The molecule has 0 radical (unpaired) electrons. The first-order valence-corrected chi connectivity index (χ1v) is 23.9. The van der Waals surface area contributed by atoms with E-state index < -0.39 is 0 Å². The number of hydrogen-bond donors (Lipinski definition) is 0. The molecule has 0 aliphatic heterocycles. The molecule has 0 saturated heterocycles. The van der Waals surface area contributed by atoms with Gasteiger partial charge in [0, 0.05) is 0 Å². The van der Waals surface area contributed by atoms with Gasteiger partial charge in [0.15, 0.2) is 0 Å². The van der Waals surface area contributed by atoms with Crippen LogP contribution in [0.4, 0.5) is 0 Å². The summed E-state index contributed by atoms with van der Waals surface area (Å²) < 4.78 is 0. The number of hydrogen-bond acceptors (Lipinski definition) is 0. The summed E-state index contributed by atoms with van der Waals surface area (Å²) in [4.78, 5) is 0. The summed E-state index contributed by atoms with van der Waals surface area (Å²) >= 11 is 0. The number of benzene rings is 8. The van der Waals surface area contributed by atoms with Crippen LogP contribution < -0.4 is 24.8 Å². The zero-order chi connectivity index (χ0) is 47.3. The first-order valence-electron chi connectivity index (χ1n) is 23.9. The fraction of sp³-hybridized carbons (Fsp3) is 0.118. The number of rotatable bonds is 4. The second-order valence-corrected chi connectivity index (χ2v) is 18.8. The summed E-state index contributed by atoms with van der Waals surface area (Å²) in [6, 6.07) is 79.1. The minimum absolute atomic E-state index is 0. The Hall–Kier alpha value is -5.45. The molecule has 12 aromatic rings. The smallest absolute Gasteiger partial charge is 1.00 e. The molecule has 12 aromatic carbocycles. The molecule has 356 valence electrons. The zero-order valence-corrected chi connectivity index (χ0v) is 49.0. The SMILES string of the molecule is Cc1ccc(-c2cccc3[cH-]c(C)cc23)cc1.Cc1ccc(-c2cccc3[cH-]c(C)cc23)cc1.Cc1ccc(-c2cccc3[cH-]c(C)cc23)cc1.Cc1ccc(-c2cccc3[cH-]c(C)cc23)cc1.[Cl-].[Cl-].[Zr+2].[Zr+2]. The molecule has 0 fully saturated rings. The first-order chi connectivity index (χ1) is 32.9. The van der Waals surface area contributed by atoms with Gasteiger partial charge in [0.05, 0.1) is 0 Å². The van der Waals surface area contributed by atoms with E-state index in [0.29, 0.717) is 0 Å². The van der Waals surface area contributed by atoms with E-state index in [4.69, 9.17) is 0 Å². The minimum atomic E-state index is 0. The van der Waals surface area contributed by atoms with E-state index in [2.05, 4.69) is 274 Å². The molecule has 0 nitrogen and oxygen atoms in total. The van der Waals surface area contributed by atoms with Crippen molar-refractivity contribution >= 4 is 43.1 Å². The second kappa shape index (κ2) is 26.0. The molecule has 0 aliphatic rings. The predicted octanol–water partition coefficient (Wildman–Crippen LogP) is 13.4. The third kappa shape index (κ3) is 13.6. The summed E-state index contributed by atoms with van der Waals surface area (Å²) in [5.74, 6) is 0. The van der Waals surface area contributed by atoms with Crippen LogP contribution in [0.15, 0.2) is 218 Å². The molecule has 0 aliphatic carbocycles. The molecular weight excluding hydrogens is 1070 g/mol. The monoisotopic (exact) mass is 1130 g/mol. The van der Waals surface area contributed by atoms with Gasteiger partial charge in [0.2, 0.25) is 0 Å². The topological polar surface area (TPSA) is 0 Å². The van der Waals surface area contributed by atoms with E-state index in [9.17, 15) is 0 Å². The molecule has 72 heavy (non-hydrogen) atoms. The molecule has 0 atom stereocenters.